The molecular formula is C26H35N5O. The third-order valence-electron chi connectivity index (χ3n) is 6.15. The Balaban J connectivity index is 1.25. The molecule has 1 aromatic heterocycles. The summed E-state index contributed by atoms with van der Waals surface area (Å²) >= 11 is 0. The Hall–Kier alpha value is -2.86. The van der Waals surface area contributed by atoms with Gasteiger partial charge in [-0.15, -0.1) is 0 Å². The minimum Gasteiger partial charge on any atom is -0.494 e. The highest BCUT2D eigenvalue weighted by atomic mass is 16.5. The lowest BCUT2D eigenvalue weighted by atomic mass is 9.91. The normalized spacial score (nSPS) is 18.5. The van der Waals surface area contributed by atoms with E-state index in [9.17, 15) is 0 Å². The summed E-state index contributed by atoms with van der Waals surface area (Å²) in [6, 6.07) is 17.7. The molecule has 0 unspecified atom stereocenters. The van der Waals surface area contributed by atoms with E-state index in [2.05, 4.69) is 51.9 Å². The molecule has 6 heteroatoms. The van der Waals surface area contributed by atoms with E-state index in [0.29, 0.717) is 18.7 Å². The van der Waals surface area contributed by atoms with Gasteiger partial charge in [-0.3, -0.25) is 0 Å². The van der Waals surface area contributed by atoms with E-state index < -0.39 is 0 Å². The van der Waals surface area contributed by atoms with Crippen molar-refractivity contribution in [3.8, 4) is 5.75 Å². The molecule has 4 rings (SSSR count). The largest absolute Gasteiger partial charge is 0.494 e. The van der Waals surface area contributed by atoms with Gasteiger partial charge >= 0.3 is 0 Å². The van der Waals surface area contributed by atoms with Crippen molar-refractivity contribution in [2.24, 2.45) is 0 Å². The van der Waals surface area contributed by atoms with Crippen LogP contribution in [0.3, 0.4) is 0 Å². The molecule has 1 aliphatic carbocycles. The number of hydrogen-bond donors (Lipinski definition) is 2. The molecule has 6 nitrogen and oxygen atoms in total. The third kappa shape index (κ3) is 5.68. The van der Waals surface area contributed by atoms with Crippen molar-refractivity contribution in [2.45, 2.75) is 51.1 Å². The second-order valence-electron chi connectivity index (χ2n) is 8.76. The predicted octanol–water partition coefficient (Wildman–Crippen LogP) is 4.65. The smallest absolute Gasteiger partial charge is 0.225 e. The van der Waals surface area contributed by atoms with Crippen molar-refractivity contribution < 1.29 is 4.74 Å². The molecule has 0 bridgehead atoms. The summed E-state index contributed by atoms with van der Waals surface area (Å²) in [4.78, 5) is 11.6. The molecule has 0 aliphatic heterocycles. The first-order valence-electron chi connectivity index (χ1n) is 11.8. The molecule has 0 spiro atoms. The maximum absolute atomic E-state index is 5.52. The van der Waals surface area contributed by atoms with Crippen LogP contribution in [0.15, 0.2) is 48.5 Å². The van der Waals surface area contributed by atoms with E-state index in [4.69, 9.17) is 14.7 Å². The van der Waals surface area contributed by atoms with Crippen LogP contribution in [0, 0.1) is 0 Å². The highest BCUT2D eigenvalue weighted by molar-refractivity contribution is 5.90. The van der Waals surface area contributed by atoms with Gasteiger partial charge in [-0.2, -0.15) is 4.98 Å². The number of benzene rings is 2. The Morgan fingerprint density at radius 2 is 1.66 bits per heavy atom. The van der Waals surface area contributed by atoms with Gasteiger partial charge in [0.25, 0.3) is 0 Å². The van der Waals surface area contributed by atoms with Crippen molar-refractivity contribution >= 4 is 22.7 Å². The van der Waals surface area contributed by atoms with Crippen LogP contribution in [0.4, 0.5) is 11.8 Å². The summed E-state index contributed by atoms with van der Waals surface area (Å²) in [7, 11) is 4.06. The van der Waals surface area contributed by atoms with E-state index in [1.807, 2.05) is 33.2 Å². The zero-order valence-corrected chi connectivity index (χ0v) is 19.5. The Labute approximate surface area is 191 Å². The number of nitrogens with zero attached hydrogens (tertiary/aromatic N) is 3. The number of aromatic nitrogens is 2. The number of anilines is 2. The fraction of sp³-hybridized carbons (Fsp3) is 0.462. The van der Waals surface area contributed by atoms with Crippen molar-refractivity contribution in [1.29, 1.82) is 0 Å². The molecular weight excluding hydrogens is 398 g/mol. The molecule has 1 fully saturated rings. The van der Waals surface area contributed by atoms with Crippen LogP contribution in [-0.4, -0.2) is 49.3 Å². The van der Waals surface area contributed by atoms with Gasteiger partial charge in [0, 0.05) is 31.6 Å². The fourth-order valence-corrected chi connectivity index (χ4v) is 4.43. The van der Waals surface area contributed by atoms with E-state index >= 15 is 0 Å². The van der Waals surface area contributed by atoms with Crippen LogP contribution < -0.4 is 20.3 Å². The molecule has 0 amide bonds. The second kappa shape index (κ2) is 10.6. The monoisotopic (exact) mass is 433 g/mol. The van der Waals surface area contributed by atoms with Crippen LogP contribution in [0.2, 0.25) is 0 Å². The average Bonchev–Trinajstić information content (AvgIpc) is 2.81. The number of hydrogen-bond acceptors (Lipinski definition) is 6. The Kier molecular flexibility index (Phi) is 7.43. The quantitative estimate of drug-likeness (QED) is 0.512. The highest BCUT2D eigenvalue weighted by Crippen LogP contribution is 2.26. The SMILES string of the molecule is CCOc1ccc(CCN[C@H]2CC[C@@H](Nc3nc(N(C)C)c4ccccc4n3)CC2)cc1. The second-order valence-corrected chi connectivity index (χ2v) is 8.76. The van der Waals surface area contributed by atoms with Crippen molar-refractivity contribution in [1.82, 2.24) is 15.3 Å². The number of rotatable bonds is 9. The van der Waals surface area contributed by atoms with Crippen LogP contribution in [0.1, 0.15) is 38.2 Å². The first kappa shape index (κ1) is 22.3. The minimum absolute atomic E-state index is 0.426. The Morgan fingerprint density at radius 3 is 2.38 bits per heavy atom. The zero-order chi connectivity index (χ0) is 22.3. The molecule has 1 heterocycles. The van der Waals surface area contributed by atoms with Gasteiger partial charge < -0.3 is 20.3 Å². The summed E-state index contributed by atoms with van der Waals surface area (Å²) in [5, 5.41) is 8.43. The van der Waals surface area contributed by atoms with Gasteiger partial charge in [0.2, 0.25) is 5.95 Å². The molecule has 170 valence electrons. The maximum Gasteiger partial charge on any atom is 0.225 e. The van der Waals surface area contributed by atoms with Gasteiger partial charge in [-0.25, -0.2) is 4.98 Å². The number of para-hydroxylation sites is 1. The summed E-state index contributed by atoms with van der Waals surface area (Å²) in [6.45, 7) is 3.73. The van der Waals surface area contributed by atoms with Crippen LogP contribution in [0.5, 0.6) is 5.75 Å². The van der Waals surface area contributed by atoms with E-state index in [1.165, 1.54) is 18.4 Å². The predicted molar refractivity (Wildman–Crippen MR) is 133 cm³/mol. The Bertz CT molecular complexity index is 997. The Morgan fingerprint density at radius 1 is 0.938 bits per heavy atom. The zero-order valence-electron chi connectivity index (χ0n) is 19.5. The molecule has 2 N–H and O–H groups in total. The van der Waals surface area contributed by atoms with E-state index in [0.717, 1.165) is 54.2 Å². The van der Waals surface area contributed by atoms with Crippen LogP contribution >= 0.6 is 0 Å². The fourth-order valence-electron chi connectivity index (χ4n) is 4.43. The van der Waals surface area contributed by atoms with Gasteiger partial charge in [0.05, 0.1) is 12.1 Å². The maximum atomic E-state index is 5.52. The lowest BCUT2D eigenvalue weighted by Crippen LogP contribution is -2.38. The number of nitrogens with one attached hydrogen (secondary N) is 2. The minimum atomic E-state index is 0.426. The summed E-state index contributed by atoms with van der Waals surface area (Å²) in [5.41, 5.74) is 2.33. The molecule has 32 heavy (non-hydrogen) atoms. The van der Waals surface area contributed by atoms with Crippen LogP contribution in [0.25, 0.3) is 10.9 Å². The first-order valence-corrected chi connectivity index (χ1v) is 11.8. The molecule has 1 aliphatic rings. The third-order valence-corrected chi connectivity index (χ3v) is 6.15. The topological polar surface area (TPSA) is 62.3 Å². The van der Waals surface area contributed by atoms with Crippen molar-refractivity contribution in [3.05, 3.63) is 54.1 Å². The standard InChI is InChI=1S/C26H35N5O/c1-4-32-22-15-9-19(10-16-22)17-18-27-20-11-13-21(14-12-20)28-26-29-24-8-6-5-7-23(24)25(30-26)31(2)3/h5-10,15-16,20-21,27H,4,11-14,17-18H2,1-3H3,(H,28,29,30)/t20-,21+. The van der Waals surface area contributed by atoms with Crippen molar-refractivity contribution in [2.75, 3.05) is 37.5 Å². The molecule has 3 aromatic rings. The molecule has 0 radical (unpaired) electrons. The van der Waals surface area contributed by atoms with E-state index in [-0.39, 0.29) is 0 Å². The van der Waals surface area contributed by atoms with E-state index in [1.54, 1.807) is 0 Å². The van der Waals surface area contributed by atoms with Crippen LogP contribution in [-0.2, 0) is 6.42 Å². The molecule has 1 saturated carbocycles. The highest BCUT2D eigenvalue weighted by Gasteiger charge is 2.22. The average molecular weight is 434 g/mol. The number of ether oxygens (including phenoxy) is 1. The van der Waals surface area contributed by atoms with Gasteiger partial charge in [0.1, 0.15) is 11.6 Å². The number of fused-ring (bicyclic) bond motifs is 1. The van der Waals surface area contributed by atoms with Crippen molar-refractivity contribution in [3.63, 3.8) is 0 Å². The van der Waals surface area contributed by atoms with Gasteiger partial charge in [-0.1, -0.05) is 24.3 Å². The summed E-state index contributed by atoms with van der Waals surface area (Å²) in [5.74, 6) is 2.64. The van der Waals surface area contributed by atoms with Gasteiger partial charge in [0.15, 0.2) is 0 Å². The lowest BCUT2D eigenvalue weighted by molar-refractivity contribution is 0.340. The lowest BCUT2D eigenvalue weighted by Gasteiger charge is -2.30. The molecule has 0 atom stereocenters. The van der Waals surface area contributed by atoms with Gasteiger partial charge in [-0.05, 0) is 75.4 Å². The molecule has 2 aromatic carbocycles. The molecule has 0 saturated heterocycles. The first-order chi connectivity index (χ1) is 15.6. The summed E-state index contributed by atoms with van der Waals surface area (Å²) < 4.78 is 5.52. The summed E-state index contributed by atoms with van der Waals surface area (Å²) in [6.07, 6.45) is 5.66.